The van der Waals surface area contributed by atoms with Gasteiger partial charge in [0.15, 0.2) is 0 Å². The summed E-state index contributed by atoms with van der Waals surface area (Å²) < 4.78 is 5.58. The van der Waals surface area contributed by atoms with Crippen molar-refractivity contribution in [3.05, 3.63) is 52.7 Å². The van der Waals surface area contributed by atoms with Crippen molar-refractivity contribution in [2.45, 2.75) is 25.4 Å². The van der Waals surface area contributed by atoms with Crippen molar-refractivity contribution in [1.82, 2.24) is 10.2 Å². The van der Waals surface area contributed by atoms with Crippen LogP contribution in [0.4, 0.5) is 0 Å². The second kappa shape index (κ2) is 8.13. The lowest BCUT2D eigenvalue weighted by Crippen LogP contribution is -2.39. The lowest BCUT2D eigenvalue weighted by atomic mass is 10.3. The molecule has 1 amide bonds. The number of hydrogen-bond acceptors (Lipinski definition) is 4. The predicted octanol–water partition coefficient (Wildman–Crippen LogP) is 2.91. The van der Waals surface area contributed by atoms with E-state index in [0.717, 1.165) is 12.3 Å². The van der Waals surface area contributed by atoms with Gasteiger partial charge < -0.3 is 10.1 Å². The second-order valence-electron chi connectivity index (χ2n) is 5.73. The minimum atomic E-state index is 0.0742. The Kier molecular flexibility index (Phi) is 5.66. The summed E-state index contributed by atoms with van der Waals surface area (Å²) >= 11 is 1.75. The zero-order valence-electron chi connectivity index (χ0n) is 13.1. The van der Waals surface area contributed by atoms with E-state index in [9.17, 15) is 4.79 Å². The molecule has 0 atom stereocenters. The fourth-order valence-corrected chi connectivity index (χ4v) is 3.20. The molecule has 0 bridgehead atoms. The van der Waals surface area contributed by atoms with Crippen LogP contribution in [0, 0.1) is 0 Å². The highest BCUT2D eigenvalue weighted by molar-refractivity contribution is 7.09. The molecule has 1 fully saturated rings. The molecule has 3 rings (SSSR count). The lowest BCUT2D eigenvalue weighted by Gasteiger charge is -2.20. The number of rotatable bonds is 9. The van der Waals surface area contributed by atoms with Crippen LogP contribution in [-0.4, -0.2) is 36.5 Å². The maximum atomic E-state index is 12.1. The van der Waals surface area contributed by atoms with Gasteiger partial charge in [-0.1, -0.05) is 24.3 Å². The van der Waals surface area contributed by atoms with E-state index >= 15 is 0 Å². The number of para-hydroxylation sites is 1. The molecule has 5 heteroatoms. The Labute approximate surface area is 141 Å². The number of carbonyl (C=O) groups excluding carboxylic acids is 1. The molecule has 0 saturated heterocycles. The smallest absolute Gasteiger partial charge is 0.234 e. The zero-order valence-corrected chi connectivity index (χ0v) is 13.9. The number of benzene rings is 1. The Morgan fingerprint density at radius 1 is 1.22 bits per heavy atom. The maximum Gasteiger partial charge on any atom is 0.234 e. The summed E-state index contributed by atoms with van der Waals surface area (Å²) in [6, 6.07) is 14.4. The van der Waals surface area contributed by atoms with E-state index in [2.05, 4.69) is 27.7 Å². The maximum absolute atomic E-state index is 12.1. The number of amides is 1. The number of nitrogens with one attached hydrogen (secondary N) is 1. The first-order valence-corrected chi connectivity index (χ1v) is 8.90. The first-order chi connectivity index (χ1) is 11.3. The molecule has 0 radical (unpaired) electrons. The van der Waals surface area contributed by atoms with Gasteiger partial charge in [-0.25, -0.2) is 0 Å². The quantitative estimate of drug-likeness (QED) is 0.719. The van der Waals surface area contributed by atoms with Crippen LogP contribution in [0.25, 0.3) is 0 Å². The molecule has 2 aromatic rings. The molecule has 1 N–H and O–H groups in total. The fraction of sp³-hybridized carbons (Fsp3) is 0.389. The van der Waals surface area contributed by atoms with Crippen molar-refractivity contribution in [1.29, 1.82) is 0 Å². The molecule has 0 unspecified atom stereocenters. The third kappa shape index (κ3) is 5.37. The molecular formula is C18H22N2O2S. The standard InChI is InChI=1S/C18H22N2O2S/c21-18(19-10-11-22-16-5-2-1-3-6-16)14-20(15-8-9-15)13-17-7-4-12-23-17/h1-7,12,15H,8-11,13-14H2,(H,19,21). The summed E-state index contributed by atoms with van der Waals surface area (Å²) in [6.45, 7) is 2.36. The summed E-state index contributed by atoms with van der Waals surface area (Å²) in [7, 11) is 0. The second-order valence-corrected chi connectivity index (χ2v) is 6.76. The van der Waals surface area contributed by atoms with E-state index in [0.29, 0.717) is 25.7 Å². The first kappa shape index (κ1) is 16.0. The van der Waals surface area contributed by atoms with Crippen LogP contribution in [-0.2, 0) is 11.3 Å². The predicted molar refractivity (Wildman–Crippen MR) is 92.7 cm³/mol. The normalized spacial score (nSPS) is 14.0. The largest absolute Gasteiger partial charge is 0.492 e. The Hall–Kier alpha value is -1.85. The summed E-state index contributed by atoms with van der Waals surface area (Å²) in [5.41, 5.74) is 0. The number of hydrogen-bond donors (Lipinski definition) is 1. The molecule has 1 aliphatic carbocycles. The number of thiophene rings is 1. The van der Waals surface area contributed by atoms with Gasteiger partial charge in [0, 0.05) is 17.5 Å². The van der Waals surface area contributed by atoms with Crippen molar-refractivity contribution in [3.63, 3.8) is 0 Å². The molecule has 1 aromatic carbocycles. The van der Waals surface area contributed by atoms with Crippen LogP contribution in [0.15, 0.2) is 47.8 Å². The summed E-state index contributed by atoms with van der Waals surface area (Å²) in [4.78, 5) is 15.7. The molecule has 122 valence electrons. The van der Waals surface area contributed by atoms with Crippen molar-refractivity contribution in [3.8, 4) is 5.75 Å². The van der Waals surface area contributed by atoms with Gasteiger partial charge in [0.05, 0.1) is 13.1 Å². The van der Waals surface area contributed by atoms with E-state index in [1.165, 1.54) is 17.7 Å². The van der Waals surface area contributed by atoms with Gasteiger partial charge in [-0.15, -0.1) is 11.3 Å². The number of carbonyl (C=O) groups is 1. The fourth-order valence-electron chi connectivity index (χ4n) is 2.47. The lowest BCUT2D eigenvalue weighted by molar-refractivity contribution is -0.122. The van der Waals surface area contributed by atoms with Crippen molar-refractivity contribution in [2.24, 2.45) is 0 Å². The topological polar surface area (TPSA) is 41.6 Å². The Bertz CT molecular complexity index is 597. The van der Waals surface area contributed by atoms with E-state index in [1.807, 2.05) is 30.3 Å². The van der Waals surface area contributed by atoms with E-state index in [1.54, 1.807) is 11.3 Å². The average molecular weight is 330 g/mol. The molecule has 1 heterocycles. The minimum Gasteiger partial charge on any atom is -0.492 e. The monoisotopic (exact) mass is 330 g/mol. The summed E-state index contributed by atoms with van der Waals surface area (Å²) in [5, 5.41) is 5.03. The van der Waals surface area contributed by atoms with Gasteiger partial charge in [0.25, 0.3) is 0 Å². The number of ether oxygens (including phenoxy) is 1. The van der Waals surface area contributed by atoms with Crippen LogP contribution in [0.3, 0.4) is 0 Å². The first-order valence-electron chi connectivity index (χ1n) is 8.02. The SMILES string of the molecule is O=C(CN(Cc1cccs1)C1CC1)NCCOc1ccccc1. The van der Waals surface area contributed by atoms with Crippen molar-refractivity contribution < 1.29 is 9.53 Å². The Balaban J connectivity index is 1.37. The molecule has 1 saturated carbocycles. The van der Waals surface area contributed by atoms with Gasteiger partial charge in [-0.2, -0.15) is 0 Å². The highest BCUT2D eigenvalue weighted by atomic mass is 32.1. The van der Waals surface area contributed by atoms with E-state index in [4.69, 9.17) is 4.74 Å². The van der Waals surface area contributed by atoms with Gasteiger partial charge in [0.2, 0.25) is 5.91 Å². The summed E-state index contributed by atoms with van der Waals surface area (Å²) in [6.07, 6.45) is 2.41. The Morgan fingerprint density at radius 2 is 2.04 bits per heavy atom. The molecule has 23 heavy (non-hydrogen) atoms. The zero-order chi connectivity index (χ0) is 15.9. The highest BCUT2D eigenvalue weighted by Crippen LogP contribution is 2.28. The van der Waals surface area contributed by atoms with E-state index in [-0.39, 0.29) is 5.91 Å². The molecule has 4 nitrogen and oxygen atoms in total. The van der Waals surface area contributed by atoms with E-state index < -0.39 is 0 Å². The average Bonchev–Trinajstić information content (AvgIpc) is 3.30. The van der Waals surface area contributed by atoms with Gasteiger partial charge in [-0.3, -0.25) is 9.69 Å². The van der Waals surface area contributed by atoms with Gasteiger partial charge in [0.1, 0.15) is 12.4 Å². The van der Waals surface area contributed by atoms with Gasteiger partial charge in [-0.05, 0) is 36.4 Å². The van der Waals surface area contributed by atoms with Crippen LogP contribution in [0.2, 0.25) is 0 Å². The third-order valence-corrected chi connectivity index (χ3v) is 4.65. The van der Waals surface area contributed by atoms with Gasteiger partial charge >= 0.3 is 0 Å². The third-order valence-electron chi connectivity index (χ3n) is 3.79. The van der Waals surface area contributed by atoms with Crippen molar-refractivity contribution >= 4 is 17.2 Å². The molecular weight excluding hydrogens is 308 g/mol. The van der Waals surface area contributed by atoms with Crippen LogP contribution < -0.4 is 10.1 Å². The highest BCUT2D eigenvalue weighted by Gasteiger charge is 2.30. The molecule has 0 aliphatic heterocycles. The molecule has 0 spiro atoms. The molecule has 1 aliphatic rings. The minimum absolute atomic E-state index is 0.0742. The molecule has 1 aromatic heterocycles. The van der Waals surface area contributed by atoms with Crippen LogP contribution in [0.5, 0.6) is 5.75 Å². The van der Waals surface area contributed by atoms with Crippen LogP contribution in [0.1, 0.15) is 17.7 Å². The Morgan fingerprint density at radius 3 is 2.74 bits per heavy atom. The van der Waals surface area contributed by atoms with Crippen molar-refractivity contribution in [2.75, 3.05) is 19.7 Å². The number of nitrogens with zero attached hydrogens (tertiary/aromatic N) is 1. The summed E-state index contributed by atoms with van der Waals surface area (Å²) in [5.74, 6) is 0.907. The van der Waals surface area contributed by atoms with Crippen LogP contribution >= 0.6 is 11.3 Å².